The molecule has 1 aliphatic rings. The van der Waals surface area contributed by atoms with Gasteiger partial charge in [0.1, 0.15) is 6.54 Å². The number of alkyl halides is 3. The van der Waals surface area contributed by atoms with Crippen molar-refractivity contribution >= 4 is 10.2 Å². The fourth-order valence-electron chi connectivity index (χ4n) is 1.84. The first-order valence-electron chi connectivity index (χ1n) is 5.71. The van der Waals surface area contributed by atoms with Crippen molar-refractivity contribution in [2.75, 3.05) is 6.54 Å². The Kier molecular flexibility index (Phi) is 5.38. The molecule has 18 heavy (non-hydrogen) atoms. The van der Waals surface area contributed by atoms with Gasteiger partial charge in [0.25, 0.3) is 10.2 Å². The Labute approximate surface area is 104 Å². The first kappa shape index (κ1) is 15.7. The van der Waals surface area contributed by atoms with Crippen LogP contribution in [0.1, 0.15) is 32.1 Å². The highest BCUT2D eigenvalue weighted by atomic mass is 32.2. The smallest absolute Gasteiger partial charge is 0.391 e. The highest BCUT2D eigenvalue weighted by Gasteiger charge is 2.31. The molecule has 5 nitrogen and oxygen atoms in total. The second-order valence-electron chi connectivity index (χ2n) is 4.37. The van der Waals surface area contributed by atoms with Crippen LogP contribution in [0.2, 0.25) is 0 Å². The number of rotatable bonds is 4. The Morgan fingerprint density at radius 2 is 1.78 bits per heavy atom. The molecule has 0 aromatic carbocycles. The zero-order chi connectivity index (χ0) is 13.8. The molecule has 1 saturated carbocycles. The molecule has 0 heterocycles. The molecule has 0 spiro atoms. The fourth-order valence-corrected chi connectivity index (χ4v) is 2.95. The van der Waals surface area contributed by atoms with E-state index in [-0.39, 0.29) is 0 Å². The molecule has 2 unspecified atom stereocenters. The molecule has 1 rings (SSSR count). The molecule has 0 amide bonds. The van der Waals surface area contributed by atoms with Crippen molar-refractivity contribution in [2.24, 2.45) is 0 Å². The van der Waals surface area contributed by atoms with E-state index in [2.05, 4.69) is 4.72 Å². The lowest BCUT2D eigenvalue weighted by Crippen LogP contribution is -2.49. The summed E-state index contributed by atoms with van der Waals surface area (Å²) in [6.45, 7) is -1.62. The second kappa shape index (κ2) is 6.18. The van der Waals surface area contributed by atoms with Crippen molar-refractivity contribution in [2.45, 2.75) is 50.4 Å². The van der Waals surface area contributed by atoms with Crippen LogP contribution >= 0.6 is 0 Å². The Hall–Kier alpha value is -0.380. The van der Waals surface area contributed by atoms with Crippen LogP contribution in [0.4, 0.5) is 13.2 Å². The fraction of sp³-hybridized carbons (Fsp3) is 1.00. The number of aliphatic hydroxyl groups excluding tert-OH is 1. The molecule has 1 fully saturated rings. The van der Waals surface area contributed by atoms with Crippen LogP contribution < -0.4 is 9.44 Å². The van der Waals surface area contributed by atoms with E-state index in [9.17, 15) is 26.7 Å². The van der Waals surface area contributed by atoms with Crippen LogP contribution in [0.15, 0.2) is 0 Å². The topological polar surface area (TPSA) is 78.4 Å². The van der Waals surface area contributed by atoms with Crippen molar-refractivity contribution in [3.8, 4) is 0 Å². The number of halogens is 3. The third-order valence-electron chi connectivity index (χ3n) is 2.75. The minimum Gasteiger partial charge on any atom is -0.391 e. The van der Waals surface area contributed by atoms with Crippen LogP contribution in [0.5, 0.6) is 0 Å². The maximum absolute atomic E-state index is 11.9. The first-order chi connectivity index (χ1) is 8.20. The average molecular weight is 290 g/mol. The van der Waals surface area contributed by atoms with E-state index in [0.717, 1.165) is 19.3 Å². The summed E-state index contributed by atoms with van der Waals surface area (Å²) in [6, 6.07) is -0.724. The Morgan fingerprint density at radius 1 is 1.17 bits per heavy atom. The van der Waals surface area contributed by atoms with Gasteiger partial charge in [-0.05, 0) is 12.8 Å². The van der Waals surface area contributed by atoms with Gasteiger partial charge < -0.3 is 5.11 Å². The minimum atomic E-state index is -4.60. The maximum atomic E-state index is 11.9. The van der Waals surface area contributed by atoms with Gasteiger partial charge in [-0.25, -0.2) is 0 Å². The molecule has 0 radical (unpaired) electrons. The summed E-state index contributed by atoms with van der Waals surface area (Å²) in [4.78, 5) is 0. The Balaban J connectivity index is 2.53. The molecule has 0 aromatic heterocycles. The number of nitrogens with one attached hydrogen (secondary N) is 2. The lowest BCUT2D eigenvalue weighted by atomic mass is 10.1. The van der Waals surface area contributed by atoms with Gasteiger partial charge in [-0.2, -0.15) is 31.0 Å². The largest absolute Gasteiger partial charge is 0.402 e. The van der Waals surface area contributed by atoms with Gasteiger partial charge in [0.15, 0.2) is 0 Å². The van der Waals surface area contributed by atoms with Crippen LogP contribution in [-0.4, -0.2) is 38.4 Å². The molecule has 0 bridgehead atoms. The van der Waals surface area contributed by atoms with Crippen molar-refractivity contribution in [1.29, 1.82) is 0 Å². The predicted octanol–water partition coefficient (Wildman–Crippen LogP) is 0.666. The highest BCUT2D eigenvalue weighted by Crippen LogP contribution is 2.18. The summed E-state index contributed by atoms with van der Waals surface area (Å²) in [5.41, 5.74) is 0. The van der Waals surface area contributed by atoms with Gasteiger partial charge >= 0.3 is 6.18 Å². The Bertz CT molecular complexity index is 359. The van der Waals surface area contributed by atoms with Crippen molar-refractivity contribution < 1.29 is 26.7 Å². The summed E-state index contributed by atoms with van der Waals surface area (Å²) < 4.78 is 61.9. The zero-order valence-corrected chi connectivity index (χ0v) is 10.5. The molecule has 2 atom stereocenters. The normalized spacial score (nSPS) is 26.9. The van der Waals surface area contributed by atoms with E-state index in [1.165, 1.54) is 4.72 Å². The Morgan fingerprint density at radius 3 is 2.39 bits per heavy atom. The zero-order valence-electron chi connectivity index (χ0n) is 9.70. The number of aliphatic hydroxyl groups is 1. The first-order valence-corrected chi connectivity index (χ1v) is 7.20. The monoisotopic (exact) mass is 290 g/mol. The standard InChI is InChI=1S/C9H17F3N2O3S/c10-9(11,12)6-13-18(16,17)14-7-4-2-1-3-5-8(7)15/h7-8,13-15H,1-6H2. The summed E-state index contributed by atoms with van der Waals surface area (Å²) >= 11 is 0. The summed E-state index contributed by atoms with van der Waals surface area (Å²) in [5, 5.41) is 9.66. The van der Waals surface area contributed by atoms with Gasteiger partial charge in [0.2, 0.25) is 0 Å². The summed E-state index contributed by atoms with van der Waals surface area (Å²) in [5.74, 6) is 0. The number of hydrogen-bond donors (Lipinski definition) is 3. The molecular formula is C9H17F3N2O3S. The van der Waals surface area contributed by atoms with Crippen LogP contribution in [-0.2, 0) is 10.2 Å². The number of hydrogen-bond acceptors (Lipinski definition) is 3. The van der Waals surface area contributed by atoms with Crippen LogP contribution in [0.25, 0.3) is 0 Å². The van der Waals surface area contributed by atoms with E-state index in [4.69, 9.17) is 0 Å². The van der Waals surface area contributed by atoms with E-state index < -0.39 is 35.1 Å². The van der Waals surface area contributed by atoms with Gasteiger partial charge in [-0.1, -0.05) is 19.3 Å². The third-order valence-corrected chi connectivity index (χ3v) is 3.89. The summed E-state index contributed by atoms with van der Waals surface area (Å²) in [6.07, 6.45) is -2.17. The molecule has 0 aromatic rings. The van der Waals surface area contributed by atoms with Crippen molar-refractivity contribution in [3.63, 3.8) is 0 Å². The van der Waals surface area contributed by atoms with E-state index in [1.807, 2.05) is 0 Å². The molecule has 3 N–H and O–H groups in total. The lowest BCUT2D eigenvalue weighted by molar-refractivity contribution is -0.121. The van der Waals surface area contributed by atoms with Crippen LogP contribution in [0, 0.1) is 0 Å². The van der Waals surface area contributed by atoms with Gasteiger partial charge in [0.05, 0.1) is 6.10 Å². The minimum absolute atomic E-state index is 0.425. The van der Waals surface area contributed by atoms with Crippen molar-refractivity contribution in [3.05, 3.63) is 0 Å². The van der Waals surface area contributed by atoms with Crippen LogP contribution in [0.3, 0.4) is 0 Å². The molecular weight excluding hydrogens is 273 g/mol. The van der Waals surface area contributed by atoms with Gasteiger partial charge in [0, 0.05) is 6.04 Å². The maximum Gasteiger partial charge on any atom is 0.402 e. The molecule has 108 valence electrons. The van der Waals surface area contributed by atoms with E-state index in [0.29, 0.717) is 12.8 Å². The predicted molar refractivity (Wildman–Crippen MR) is 59.0 cm³/mol. The molecule has 1 aliphatic carbocycles. The van der Waals surface area contributed by atoms with Crippen molar-refractivity contribution in [1.82, 2.24) is 9.44 Å². The lowest BCUT2D eigenvalue weighted by Gasteiger charge is -2.21. The van der Waals surface area contributed by atoms with E-state index >= 15 is 0 Å². The van der Waals surface area contributed by atoms with E-state index in [1.54, 1.807) is 0 Å². The van der Waals surface area contributed by atoms with Gasteiger partial charge in [-0.15, -0.1) is 0 Å². The third kappa shape index (κ3) is 5.98. The highest BCUT2D eigenvalue weighted by molar-refractivity contribution is 7.87. The quantitative estimate of drug-likeness (QED) is 0.666. The second-order valence-corrected chi connectivity index (χ2v) is 5.90. The molecule has 0 saturated heterocycles. The van der Waals surface area contributed by atoms with Gasteiger partial charge in [-0.3, -0.25) is 0 Å². The molecule has 0 aliphatic heterocycles. The summed E-state index contributed by atoms with van der Waals surface area (Å²) in [7, 11) is -4.24. The average Bonchev–Trinajstić information content (AvgIpc) is 2.41. The molecule has 9 heteroatoms. The SMILES string of the molecule is O=S(=O)(NCC(F)(F)F)NC1CCCCCC1O.